The summed E-state index contributed by atoms with van der Waals surface area (Å²) < 4.78 is 2.12. The normalized spacial score (nSPS) is 16.1. The highest BCUT2D eigenvalue weighted by Gasteiger charge is 2.27. The average molecular weight is 438 g/mol. The maximum atomic E-state index is 12.8. The molecule has 2 aromatic heterocycles. The van der Waals surface area contributed by atoms with Gasteiger partial charge in [-0.3, -0.25) is 4.79 Å². The Balaban J connectivity index is 1.35. The number of anilines is 2. The molecule has 6 heteroatoms. The van der Waals surface area contributed by atoms with Crippen molar-refractivity contribution in [3.05, 3.63) is 77.6 Å². The fraction of sp³-hybridized carbons (Fsp3) is 0.259. The number of piperidine rings is 1. The van der Waals surface area contributed by atoms with E-state index in [4.69, 9.17) is 0 Å². The maximum Gasteiger partial charge on any atom is 0.254 e. The zero-order chi connectivity index (χ0) is 22.4. The van der Waals surface area contributed by atoms with Gasteiger partial charge in [0.25, 0.3) is 5.91 Å². The summed E-state index contributed by atoms with van der Waals surface area (Å²) >= 11 is 0. The van der Waals surface area contributed by atoms with Crippen molar-refractivity contribution in [3.8, 4) is 11.1 Å². The Labute approximate surface area is 193 Å². The lowest BCUT2D eigenvalue weighted by molar-refractivity contribution is 0.0966. The number of carbonyl (C=O) groups excluding carboxylic acids is 1. The Morgan fingerprint density at radius 3 is 2.73 bits per heavy atom. The van der Waals surface area contributed by atoms with Crippen LogP contribution in [0, 0.1) is 0 Å². The third-order valence-electron chi connectivity index (χ3n) is 7.04. The van der Waals surface area contributed by atoms with Crippen molar-refractivity contribution in [2.45, 2.75) is 25.3 Å². The topological polar surface area (TPSA) is 71.0 Å². The van der Waals surface area contributed by atoms with Gasteiger partial charge in [0.2, 0.25) is 0 Å². The van der Waals surface area contributed by atoms with E-state index in [-0.39, 0.29) is 5.91 Å². The Morgan fingerprint density at radius 1 is 1.03 bits per heavy atom. The van der Waals surface area contributed by atoms with Crippen molar-refractivity contribution in [3.63, 3.8) is 0 Å². The third-order valence-corrected chi connectivity index (χ3v) is 7.04. The Kier molecular flexibility index (Phi) is 4.88. The van der Waals surface area contributed by atoms with Gasteiger partial charge in [0, 0.05) is 36.9 Å². The molecule has 0 radical (unpaired) electrons. The number of aromatic nitrogens is 2. The molecular weight excluding hydrogens is 410 g/mol. The fourth-order valence-corrected chi connectivity index (χ4v) is 5.26. The molecule has 4 heterocycles. The van der Waals surface area contributed by atoms with Gasteiger partial charge in [-0.25, -0.2) is 4.98 Å². The lowest BCUT2D eigenvalue weighted by atomic mass is 9.91. The van der Waals surface area contributed by atoms with Crippen LogP contribution in [0.1, 0.15) is 40.2 Å². The van der Waals surface area contributed by atoms with E-state index in [0.29, 0.717) is 18.0 Å². The highest BCUT2D eigenvalue weighted by molar-refractivity contribution is 6.07. The van der Waals surface area contributed by atoms with Crippen LogP contribution in [-0.4, -0.2) is 28.5 Å². The number of benzene rings is 2. The zero-order valence-corrected chi connectivity index (χ0v) is 18.7. The van der Waals surface area contributed by atoms with E-state index in [1.807, 2.05) is 18.3 Å². The number of nitrogens with one attached hydrogen (secondary N) is 3. The number of hydrogen-bond acceptors (Lipinski definition) is 4. The molecule has 2 aromatic carbocycles. The van der Waals surface area contributed by atoms with Gasteiger partial charge in [-0.1, -0.05) is 24.3 Å². The quantitative estimate of drug-likeness (QED) is 0.433. The van der Waals surface area contributed by atoms with E-state index in [0.717, 1.165) is 54.1 Å². The largest absolute Gasteiger partial charge is 0.351 e. The number of nitrogens with zero attached hydrogens (tertiary/aromatic N) is 2. The molecule has 6 rings (SSSR count). The molecule has 0 bridgehead atoms. The van der Waals surface area contributed by atoms with E-state index >= 15 is 0 Å². The van der Waals surface area contributed by atoms with Gasteiger partial charge in [0.1, 0.15) is 5.82 Å². The maximum absolute atomic E-state index is 12.8. The molecule has 1 fully saturated rings. The Bertz CT molecular complexity index is 1350. The molecule has 6 nitrogen and oxygen atoms in total. The predicted molar refractivity (Wildman–Crippen MR) is 132 cm³/mol. The number of aryl methyl sites for hydroxylation is 1. The van der Waals surface area contributed by atoms with Crippen LogP contribution < -0.4 is 16.0 Å². The van der Waals surface area contributed by atoms with Gasteiger partial charge in [0.15, 0.2) is 0 Å². The van der Waals surface area contributed by atoms with Gasteiger partial charge in [0.05, 0.1) is 11.3 Å². The summed E-state index contributed by atoms with van der Waals surface area (Å²) in [6.45, 7) is 2.66. The van der Waals surface area contributed by atoms with Crippen LogP contribution in [0.3, 0.4) is 0 Å². The third kappa shape index (κ3) is 3.47. The van der Waals surface area contributed by atoms with Crippen molar-refractivity contribution in [1.29, 1.82) is 0 Å². The molecular formula is C27H27N5O. The van der Waals surface area contributed by atoms with Gasteiger partial charge >= 0.3 is 0 Å². The van der Waals surface area contributed by atoms with E-state index in [1.54, 1.807) is 0 Å². The minimum atomic E-state index is -0.0408. The second-order valence-corrected chi connectivity index (χ2v) is 8.99. The SMILES string of the molecule is Cn1ccc2c(-c3ccc(Nc4ccc(C5CCNCC5)cn4)c4c3CNC4=O)cccc21. The minimum Gasteiger partial charge on any atom is -0.351 e. The highest BCUT2D eigenvalue weighted by Crippen LogP contribution is 2.38. The van der Waals surface area contributed by atoms with Crippen LogP contribution >= 0.6 is 0 Å². The van der Waals surface area contributed by atoms with E-state index in [9.17, 15) is 4.79 Å². The summed E-state index contributed by atoms with van der Waals surface area (Å²) in [7, 11) is 2.05. The lowest BCUT2D eigenvalue weighted by Gasteiger charge is -2.22. The van der Waals surface area contributed by atoms with Gasteiger partial charge in [-0.05, 0) is 78.4 Å². The smallest absolute Gasteiger partial charge is 0.254 e. The number of hydrogen-bond donors (Lipinski definition) is 3. The molecule has 0 unspecified atom stereocenters. The van der Waals surface area contributed by atoms with Crippen LogP contribution in [0.15, 0.2) is 60.9 Å². The molecule has 2 aliphatic rings. The first-order valence-electron chi connectivity index (χ1n) is 11.6. The van der Waals surface area contributed by atoms with Gasteiger partial charge in [-0.15, -0.1) is 0 Å². The Hall–Kier alpha value is -3.64. The first-order chi connectivity index (χ1) is 16.2. The van der Waals surface area contributed by atoms with Gasteiger partial charge in [-0.2, -0.15) is 0 Å². The van der Waals surface area contributed by atoms with E-state index in [2.05, 4.69) is 75.1 Å². The number of carbonyl (C=O) groups is 1. The standard InChI is InChI=1S/C27H27N5O/c1-32-14-11-21-19(3-2-4-24(21)32)20-6-7-23(26-22(20)16-30-27(26)33)31-25-8-5-18(15-29-25)17-9-12-28-13-10-17/h2-8,11,14-15,17,28H,9-10,12-13,16H2,1H3,(H,29,31)(H,30,33). The summed E-state index contributed by atoms with van der Waals surface area (Å²) in [5.74, 6) is 1.29. The molecule has 166 valence electrons. The first kappa shape index (κ1) is 20.0. The van der Waals surface area contributed by atoms with Crippen molar-refractivity contribution in [2.24, 2.45) is 7.05 Å². The first-order valence-corrected chi connectivity index (χ1v) is 11.6. The summed E-state index contributed by atoms with van der Waals surface area (Å²) in [5, 5.41) is 11.0. The lowest BCUT2D eigenvalue weighted by Crippen LogP contribution is -2.26. The minimum absolute atomic E-state index is 0.0408. The molecule has 0 aliphatic carbocycles. The van der Waals surface area contributed by atoms with E-state index < -0.39 is 0 Å². The van der Waals surface area contributed by atoms with Gasteiger partial charge < -0.3 is 20.5 Å². The average Bonchev–Trinajstić information content (AvgIpc) is 3.44. The molecule has 3 N–H and O–H groups in total. The fourth-order valence-electron chi connectivity index (χ4n) is 5.26. The van der Waals surface area contributed by atoms with Crippen LogP contribution in [0.5, 0.6) is 0 Å². The monoisotopic (exact) mass is 437 g/mol. The molecule has 2 aliphatic heterocycles. The van der Waals surface area contributed by atoms with Crippen LogP contribution in [0.4, 0.5) is 11.5 Å². The number of fused-ring (bicyclic) bond motifs is 2. The molecule has 33 heavy (non-hydrogen) atoms. The molecule has 1 amide bonds. The van der Waals surface area contributed by atoms with Crippen LogP contribution in [-0.2, 0) is 13.6 Å². The van der Waals surface area contributed by atoms with Crippen molar-refractivity contribution < 1.29 is 4.79 Å². The van der Waals surface area contributed by atoms with E-state index in [1.165, 1.54) is 16.5 Å². The second kappa shape index (κ2) is 8.05. The second-order valence-electron chi connectivity index (χ2n) is 8.99. The summed E-state index contributed by atoms with van der Waals surface area (Å²) in [6, 6.07) is 16.8. The predicted octanol–water partition coefficient (Wildman–Crippen LogP) is 4.69. The summed E-state index contributed by atoms with van der Waals surface area (Å²) in [5.41, 5.74) is 7.26. The molecule has 0 saturated carbocycles. The van der Waals surface area contributed by atoms with Crippen LogP contribution in [0.2, 0.25) is 0 Å². The molecule has 0 atom stereocenters. The number of amides is 1. The van der Waals surface area contributed by atoms with Crippen molar-refractivity contribution >= 4 is 28.3 Å². The summed E-state index contributed by atoms with van der Waals surface area (Å²) in [4.78, 5) is 17.5. The highest BCUT2D eigenvalue weighted by atomic mass is 16.1. The van der Waals surface area contributed by atoms with Crippen LogP contribution in [0.25, 0.3) is 22.0 Å². The molecule has 4 aromatic rings. The van der Waals surface area contributed by atoms with Crippen molar-refractivity contribution in [2.75, 3.05) is 18.4 Å². The number of rotatable bonds is 4. The summed E-state index contributed by atoms with van der Waals surface area (Å²) in [6.07, 6.45) is 6.35. The molecule has 1 saturated heterocycles. The molecule has 0 spiro atoms. The number of pyridine rings is 1. The van der Waals surface area contributed by atoms with Crippen molar-refractivity contribution in [1.82, 2.24) is 20.2 Å². The zero-order valence-electron chi connectivity index (χ0n) is 18.7. The Morgan fingerprint density at radius 2 is 1.91 bits per heavy atom.